The topological polar surface area (TPSA) is 271 Å². The molecule has 5 unspecified atom stereocenters. The van der Waals surface area contributed by atoms with Gasteiger partial charge in [-0.2, -0.15) is 26.3 Å². The maximum atomic E-state index is 13.4. The maximum absolute atomic E-state index is 13.4. The number of hydrogen-bond donors (Lipinski definition) is 1. The van der Waals surface area contributed by atoms with E-state index in [1.807, 2.05) is 0 Å². The van der Waals surface area contributed by atoms with Gasteiger partial charge in [-0.3, -0.25) is 14.4 Å². The van der Waals surface area contributed by atoms with Crippen molar-refractivity contribution in [1.29, 1.82) is 0 Å². The first kappa shape index (κ1) is 111. The van der Waals surface area contributed by atoms with Crippen molar-refractivity contribution in [3.63, 3.8) is 0 Å². The Morgan fingerprint density at radius 3 is 0.698 bits per heavy atom. The molecule has 149 heavy (non-hydrogen) atoms. The van der Waals surface area contributed by atoms with E-state index >= 15 is 0 Å². The van der Waals surface area contributed by atoms with Crippen molar-refractivity contribution in [1.82, 2.24) is 0 Å². The highest BCUT2D eigenvalue weighted by molar-refractivity contribution is 7.97. The Labute approximate surface area is 876 Å². The normalized spacial score (nSPS) is 23.7. The number of esters is 3. The van der Waals surface area contributed by atoms with E-state index in [0.29, 0.717) is 61.2 Å². The van der Waals surface area contributed by atoms with Gasteiger partial charge in [-0.05, 0) is 309 Å². The molecule has 1 N–H and O–H groups in total. The first-order chi connectivity index (χ1) is 71.2. The molecular weight excluding hydrogens is 2060 g/mol. The molecule has 12 aliphatic carbocycles. The highest BCUT2D eigenvalue weighted by Gasteiger charge is 2.62. The van der Waals surface area contributed by atoms with Gasteiger partial charge in [0.1, 0.15) is 0 Å². The summed E-state index contributed by atoms with van der Waals surface area (Å²) in [5.74, 6) is 1.72. The average Bonchev–Trinajstić information content (AvgIpc) is 1.47. The molecule has 32 heteroatoms. The van der Waals surface area contributed by atoms with Crippen LogP contribution in [-0.2, 0) is 91.6 Å². The molecule has 786 valence electrons. The zero-order valence-electron chi connectivity index (χ0n) is 81.6. The second kappa shape index (κ2) is 48.1. The number of alkyl halides is 9. The van der Waals surface area contributed by atoms with Gasteiger partial charge < -0.3 is 33.0 Å². The number of aliphatic hydroxyl groups is 1. The van der Waals surface area contributed by atoms with Crippen LogP contribution in [0.5, 0.6) is 0 Å². The quantitative estimate of drug-likeness (QED) is 0.0157. The molecule has 16 nitrogen and oxygen atoms in total. The van der Waals surface area contributed by atoms with Crippen molar-refractivity contribution in [2.45, 2.75) is 219 Å². The molecule has 0 aliphatic heterocycles. The van der Waals surface area contributed by atoms with Gasteiger partial charge in [0.15, 0.2) is 107 Å². The minimum atomic E-state index is -6.13. The van der Waals surface area contributed by atoms with Crippen molar-refractivity contribution in [2.75, 3.05) is 19.8 Å². The van der Waals surface area contributed by atoms with Crippen LogP contribution in [-0.4, -0.2) is 122 Å². The lowest BCUT2D eigenvalue weighted by atomic mass is 9.48. The zero-order valence-corrected chi connectivity index (χ0v) is 87.4. The lowest BCUT2D eigenvalue weighted by Crippen LogP contribution is -2.58. The molecule has 0 spiro atoms. The maximum Gasteiger partial charge on any atom is 0.364 e. The minimum Gasteiger partial charge on any atom is -0.743 e. The average molecular weight is 2180 g/mol. The van der Waals surface area contributed by atoms with Crippen LogP contribution in [0, 0.1) is 63.6 Å². The van der Waals surface area contributed by atoms with Gasteiger partial charge in [-0.25, -0.2) is 38.4 Å². The van der Waals surface area contributed by atoms with Crippen molar-refractivity contribution in [3.8, 4) is 4.90 Å². The predicted octanol–water partition coefficient (Wildman–Crippen LogP) is 27.0. The molecule has 0 amide bonds. The fourth-order valence-electron chi connectivity index (χ4n) is 24.3. The predicted molar refractivity (Wildman–Crippen MR) is 558 cm³/mol. The number of halogens is 9. The number of hydrogen-bond acceptors (Lipinski definition) is 16. The van der Waals surface area contributed by atoms with Gasteiger partial charge in [0.25, 0.3) is 0 Å². The van der Waals surface area contributed by atoms with Crippen LogP contribution in [0.15, 0.2) is 396 Å². The fourth-order valence-corrected chi connectivity index (χ4v) is 34.3. The van der Waals surface area contributed by atoms with E-state index < -0.39 is 143 Å². The summed E-state index contributed by atoms with van der Waals surface area (Å²) in [7, 11) is -18.3. The molecule has 12 aromatic carbocycles. The molecular formula is C117H118F9O16S7+. The van der Waals surface area contributed by atoms with Gasteiger partial charge >= 0.3 is 33.7 Å². The van der Waals surface area contributed by atoms with Crippen LogP contribution in [0.25, 0.3) is 25.1 Å². The number of carbonyl (C=O) groups is 3. The molecule has 1 heterocycles. The number of fused-ring (bicyclic) bond motifs is 3. The third kappa shape index (κ3) is 26.5. The fraction of sp³-hybridized carbons (Fsp3) is 0.359. The Bertz CT molecular complexity index is 6170. The molecule has 0 radical (unpaired) electrons. The van der Waals surface area contributed by atoms with E-state index in [1.54, 1.807) is 0 Å². The van der Waals surface area contributed by atoms with E-state index in [2.05, 4.69) is 352 Å². The summed E-state index contributed by atoms with van der Waals surface area (Å²) >= 11 is 0. The highest BCUT2D eigenvalue weighted by Crippen LogP contribution is 2.64. The molecule has 12 fully saturated rings. The summed E-state index contributed by atoms with van der Waals surface area (Å²) < 4.78 is 230. The number of carbonyl (C=O) groups excluding carboxylic acids is 3. The molecule has 12 aliphatic rings. The van der Waals surface area contributed by atoms with Crippen molar-refractivity contribution < 1.29 is 112 Å². The molecule has 0 saturated heterocycles. The SMILES string of the molecule is O=C(OCCC(F)C(F)(F)S(=O)(=O)[O-])C12CC3CC(CC(C3)C1)C2.O=C(OCCC(F)C(F)(F)S(=O)(=O)[O-])C12CC3CC(CC(C3)C1)C2.O=C(OCCC(F)C(F)(F)S(=O)(=O)[O-])C12CC3CC(CC(O)(C3)C1)C2.c1ccc(-[s+]2c3ccccc3c3ccccc32)cc1.c1ccc([S+](c2ccccc2)c2ccccc2)cc1.c1ccc([S+](c2ccccc2)c2ccccc2)cc1.c1ccc([S+](c2ccccc2)c2ccccc2)cc1. The van der Waals surface area contributed by atoms with Crippen LogP contribution in [0.1, 0.15) is 135 Å². The number of rotatable bonds is 28. The van der Waals surface area contributed by atoms with E-state index in [0.717, 1.165) is 83.5 Å². The van der Waals surface area contributed by atoms with Crippen molar-refractivity contribution in [2.24, 2.45) is 63.6 Å². The van der Waals surface area contributed by atoms with Crippen molar-refractivity contribution >= 4 is 112 Å². The molecule has 25 rings (SSSR count). The minimum absolute atomic E-state index is 0.0146. The molecule has 12 bridgehead atoms. The van der Waals surface area contributed by atoms with E-state index in [4.69, 9.17) is 14.2 Å². The lowest BCUT2D eigenvalue weighted by Gasteiger charge is -2.58. The van der Waals surface area contributed by atoms with E-state index in [9.17, 15) is 97.9 Å². The highest BCUT2D eigenvalue weighted by atomic mass is 32.2. The summed E-state index contributed by atoms with van der Waals surface area (Å²) in [5, 5.41) is -1.74. The second-order valence-corrected chi connectivity index (χ2v) is 52.8. The van der Waals surface area contributed by atoms with Crippen LogP contribution in [0.2, 0.25) is 0 Å². The summed E-state index contributed by atoms with van der Waals surface area (Å²) in [4.78, 5) is 50.9. The molecule has 5 atom stereocenters. The zero-order chi connectivity index (χ0) is 106. The van der Waals surface area contributed by atoms with Crippen LogP contribution in [0.3, 0.4) is 0 Å². The van der Waals surface area contributed by atoms with Gasteiger partial charge in [0.2, 0.25) is 0 Å². The number of ether oxygens (including phenoxy) is 3. The Morgan fingerprint density at radius 1 is 0.295 bits per heavy atom. The Kier molecular flexibility index (Phi) is 35.9. The van der Waals surface area contributed by atoms with E-state index in [-0.39, 0.29) is 61.4 Å². The van der Waals surface area contributed by atoms with Gasteiger partial charge in [0.05, 0.1) is 74.4 Å². The monoisotopic (exact) mass is 2170 g/mol. The first-order valence-corrected chi connectivity index (χ1v) is 59.2. The van der Waals surface area contributed by atoms with Gasteiger partial charge in [-0.1, -0.05) is 206 Å². The largest absolute Gasteiger partial charge is 0.743 e. The Balaban J connectivity index is 0.000000124. The molecule has 1 aromatic heterocycles. The summed E-state index contributed by atoms with van der Waals surface area (Å²) in [5.41, 5.74) is -2.96. The van der Waals surface area contributed by atoms with Crippen LogP contribution in [0.4, 0.5) is 39.5 Å². The van der Waals surface area contributed by atoms with Gasteiger partial charge in [0, 0.05) is 40.5 Å². The standard InChI is InChI=1S/C18H13S.3C18H15S.C15H21F3O6S.2C15H21F3O5S/c1-2-8-14(9-3-1)19-17-12-6-4-10-15(17)16-11-5-7-13-18(16)19;3*1-4-10-16(11-5-1)19(17-12-6-2-7-13-17)18-14-8-3-9-15-18;16-11(15(17,18)25(21,22)23)1-2-24-12(19)13-4-9-3-10(5-13)7-14(20,6-9)8-13;2*16-12(15(17,18)24(20,21)22)1-2-23-13(19)14-6-9-3-10(7-14)5-11(4-9)8-14/h1-13H;3*1-15H;9-11,20H,1-8H2,(H,21,22,23);2*9-12H,1-8H2,(H,20,21,22)/q4*+1;;;/p-3. The number of thiophene rings is 1. The Hall–Kier alpha value is -10.6. The van der Waals surface area contributed by atoms with Crippen LogP contribution >= 0.6 is 10.5 Å². The second-order valence-electron chi connectivity index (χ2n) is 40.4. The van der Waals surface area contributed by atoms with Gasteiger partial charge in [-0.15, -0.1) is 0 Å². The van der Waals surface area contributed by atoms with E-state index in [1.165, 1.54) is 69.1 Å². The molecule has 13 aromatic rings. The third-order valence-electron chi connectivity index (χ3n) is 29.6. The Morgan fingerprint density at radius 2 is 0.483 bits per heavy atom. The summed E-state index contributed by atoms with van der Waals surface area (Å²) in [6, 6.07) is 125. The van der Waals surface area contributed by atoms with Crippen LogP contribution < -0.4 is 0 Å². The molecule has 12 saturated carbocycles. The summed E-state index contributed by atoms with van der Waals surface area (Å²) in [6.07, 6.45) is 1.85. The third-order valence-corrected chi connectivity index (χ3v) is 41.4. The lowest BCUT2D eigenvalue weighted by molar-refractivity contribution is -0.196. The smallest absolute Gasteiger partial charge is 0.364 e. The first-order valence-electron chi connectivity index (χ1n) is 50.1. The number of benzene rings is 12. The summed E-state index contributed by atoms with van der Waals surface area (Å²) in [6.45, 7) is -2.07. The van der Waals surface area contributed by atoms with Crippen molar-refractivity contribution in [3.05, 3.63) is 352 Å².